The van der Waals surface area contributed by atoms with Gasteiger partial charge in [-0.05, 0) is 6.08 Å². The summed E-state index contributed by atoms with van der Waals surface area (Å²) in [7, 11) is 3.55. The molecular weight excluding hydrogens is 351 g/mol. The van der Waals surface area contributed by atoms with Gasteiger partial charge in [-0.1, -0.05) is 6.58 Å². The highest BCUT2D eigenvalue weighted by Gasteiger charge is 2.36. The number of hydrogen-bond acceptors (Lipinski definition) is 5. The number of hydrogen-bond donors (Lipinski definition) is 0. The summed E-state index contributed by atoms with van der Waals surface area (Å²) < 4.78 is 23.2. The molecule has 0 unspecified atom stereocenters. The molecular formula is C18H19FN6O2. The Balaban J connectivity index is 1.59. The van der Waals surface area contributed by atoms with Crippen LogP contribution in [-0.4, -0.2) is 54.4 Å². The van der Waals surface area contributed by atoms with E-state index in [1.54, 1.807) is 29.0 Å². The smallest absolute Gasteiger partial charge is 0.245 e. The van der Waals surface area contributed by atoms with E-state index in [9.17, 15) is 9.18 Å². The van der Waals surface area contributed by atoms with Crippen LogP contribution in [0.2, 0.25) is 0 Å². The lowest BCUT2D eigenvalue weighted by Crippen LogP contribution is -2.49. The minimum absolute atomic E-state index is 0.0767. The van der Waals surface area contributed by atoms with E-state index in [0.29, 0.717) is 18.5 Å². The molecule has 0 aliphatic heterocycles. The van der Waals surface area contributed by atoms with Gasteiger partial charge in [0.1, 0.15) is 6.10 Å². The van der Waals surface area contributed by atoms with E-state index in [-0.39, 0.29) is 29.4 Å². The summed E-state index contributed by atoms with van der Waals surface area (Å²) in [5, 5.41) is 8.17. The van der Waals surface area contributed by atoms with Crippen LogP contribution >= 0.6 is 0 Å². The van der Waals surface area contributed by atoms with Gasteiger partial charge in [-0.15, -0.1) is 0 Å². The van der Waals surface area contributed by atoms with Crippen molar-refractivity contribution < 1.29 is 13.9 Å². The first kappa shape index (κ1) is 17.2. The van der Waals surface area contributed by atoms with E-state index < -0.39 is 5.82 Å². The zero-order valence-corrected chi connectivity index (χ0v) is 15.0. The summed E-state index contributed by atoms with van der Waals surface area (Å²) in [6, 6.07) is 0.0767. The first-order chi connectivity index (χ1) is 13.0. The summed E-state index contributed by atoms with van der Waals surface area (Å²) in [5.41, 5.74) is 1.56. The lowest BCUT2D eigenvalue weighted by atomic mass is 9.88. The van der Waals surface area contributed by atoms with E-state index in [1.165, 1.54) is 10.6 Å². The Morgan fingerprint density at radius 2 is 2.15 bits per heavy atom. The van der Waals surface area contributed by atoms with Crippen molar-refractivity contribution in [3.63, 3.8) is 0 Å². The van der Waals surface area contributed by atoms with Gasteiger partial charge < -0.3 is 9.64 Å². The van der Waals surface area contributed by atoms with Crippen LogP contribution in [0.15, 0.2) is 37.4 Å². The highest BCUT2D eigenvalue weighted by Crippen LogP contribution is 2.32. The Bertz CT molecular complexity index is 1020. The van der Waals surface area contributed by atoms with Crippen LogP contribution in [0, 0.1) is 5.82 Å². The van der Waals surface area contributed by atoms with Crippen LogP contribution in [-0.2, 0) is 11.8 Å². The van der Waals surface area contributed by atoms with Crippen molar-refractivity contribution >= 4 is 11.4 Å². The van der Waals surface area contributed by atoms with Gasteiger partial charge in [-0.2, -0.15) is 10.2 Å². The molecule has 1 saturated carbocycles. The van der Waals surface area contributed by atoms with Gasteiger partial charge in [-0.25, -0.2) is 13.9 Å². The molecule has 140 valence electrons. The van der Waals surface area contributed by atoms with Gasteiger partial charge in [0.2, 0.25) is 11.8 Å². The van der Waals surface area contributed by atoms with Gasteiger partial charge in [0, 0.05) is 44.7 Å². The van der Waals surface area contributed by atoms with E-state index in [0.717, 1.165) is 11.8 Å². The number of carbonyl (C=O) groups is 1. The Kier molecular flexibility index (Phi) is 4.14. The normalized spacial score (nSPS) is 18.9. The van der Waals surface area contributed by atoms with Crippen molar-refractivity contribution in [3.8, 4) is 17.1 Å². The average molecular weight is 370 g/mol. The number of carbonyl (C=O) groups excluding carboxylic acids is 1. The molecule has 8 nitrogen and oxygen atoms in total. The third-order valence-electron chi connectivity index (χ3n) is 4.84. The third-order valence-corrected chi connectivity index (χ3v) is 4.84. The third kappa shape index (κ3) is 3.05. The van der Waals surface area contributed by atoms with Crippen LogP contribution < -0.4 is 4.74 Å². The maximum atomic E-state index is 14.2. The number of amides is 1. The molecule has 0 spiro atoms. The number of likely N-dealkylation sites (N-methyl/N-ethyl adjacent to an activating group) is 1. The van der Waals surface area contributed by atoms with Crippen LogP contribution in [0.4, 0.5) is 4.39 Å². The molecule has 0 N–H and O–H groups in total. The van der Waals surface area contributed by atoms with Crippen molar-refractivity contribution in [2.75, 3.05) is 7.05 Å². The number of nitrogens with zero attached hydrogens (tertiary/aromatic N) is 6. The lowest BCUT2D eigenvalue weighted by molar-refractivity contribution is -0.130. The molecule has 1 amide bonds. The Hall–Kier alpha value is -3.23. The van der Waals surface area contributed by atoms with E-state index >= 15 is 0 Å². The molecule has 4 rings (SSSR count). The van der Waals surface area contributed by atoms with Crippen molar-refractivity contribution in [1.82, 2.24) is 29.3 Å². The van der Waals surface area contributed by atoms with Gasteiger partial charge in [0.05, 0.1) is 24.3 Å². The fourth-order valence-corrected chi connectivity index (χ4v) is 3.15. The van der Waals surface area contributed by atoms with Crippen molar-refractivity contribution in [1.29, 1.82) is 0 Å². The number of rotatable bonds is 5. The summed E-state index contributed by atoms with van der Waals surface area (Å²) >= 11 is 0. The standard InChI is InChI=1S/C18H19FN6O2/c1-4-16(26)24(3)12-5-13(6-12)27-18-17-14(19)8-21-25(17)10-15(22-18)11-7-20-23(2)9-11/h4,7-10,12-13H,1,5-6H2,2-3H3. The minimum atomic E-state index is -0.495. The topological polar surface area (TPSA) is 77.6 Å². The predicted molar refractivity (Wildman–Crippen MR) is 95.6 cm³/mol. The highest BCUT2D eigenvalue weighted by atomic mass is 19.1. The maximum Gasteiger partial charge on any atom is 0.245 e. The molecule has 3 heterocycles. The molecule has 1 aliphatic carbocycles. The first-order valence-corrected chi connectivity index (χ1v) is 8.55. The van der Waals surface area contributed by atoms with Crippen molar-refractivity contribution in [3.05, 3.63) is 43.3 Å². The van der Waals surface area contributed by atoms with Crippen LogP contribution in [0.5, 0.6) is 5.88 Å². The monoisotopic (exact) mass is 370 g/mol. The predicted octanol–water partition coefficient (Wildman–Crippen LogP) is 1.82. The van der Waals surface area contributed by atoms with Crippen molar-refractivity contribution in [2.45, 2.75) is 25.0 Å². The van der Waals surface area contributed by atoms with E-state index in [2.05, 4.69) is 21.8 Å². The molecule has 1 aliphatic rings. The molecule has 0 saturated heterocycles. The van der Waals surface area contributed by atoms with Crippen LogP contribution in [0.3, 0.4) is 0 Å². The SMILES string of the molecule is C=CC(=O)N(C)C1CC(Oc2nc(-c3cnn(C)c3)cn3ncc(F)c23)C1. The second kappa shape index (κ2) is 6.49. The van der Waals surface area contributed by atoms with Gasteiger partial charge in [-0.3, -0.25) is 9.48 Å². The van der Waals surface area contributed by atoms with Gasteiger partial charge in [0.15, 0.2) is 11.3 Å². The van der Waals surface area contributed by atoms with Gasteiger partial charge in [0.25, 0.3) is 0 Å². The number of fused-ring (bicyclic) bond motifs is 1. The molecule has 0 bridgehead atoms. The van der Waals surface area contributed by atoms with Crippen molar-refractivity contribution in [2.24, 2.45) is 7.05 Å². The Labute approximate surface area is 154 Å². The molecule has 0 aromatic carbocycles. The summed E-state index contributed by atoms with van der Waals surface area (Å²) in [6.45, 7) is 3.50. The van der Waals surface area contributed by atoms with Gasteiger partial charge >= 0.3 is 0 Å². The Morgan fingerprint density at radius 3 is 2.81 bits per heavy atom. The van der Waals surface area contributed by atoms with Crippen LogP contribution in [0.25, 0.3) is 16.8 Å². The molecule has 3 aromatic rings. The number of halogens is 1. The minimum Gasteiger partial charge on any atom is -0.473 e. The first-order valence-electron chi connectivity index (χ1n) is 8.55. The second-order valence-electron chi connectivity index (χ2n) is 6.64. The lowest BCUT2D eigenvalue weighted by Gasteiger charge is -2.40. The highest BCUT2D eigenvalue weighted by molar-refractivity contribution is 5.87. The fraction of sp³-hybridized carbons (Fsp3) is 0.333. The average Bonchev–Trinajstić information content (AvgIpc) is 3.22. The molecule has 27 heavy (non-hydrogen) atoms. The Morgan fingerprint density at radius 1 is 1.37 bits per heavy atom. The molecule has 0 atom stereocenters. The number of aryl methyl sites for hydroxylation is 1. The van der Waals surface area contributed by atoms with E-state index in [4.69, 9.17) is 4.74 Å². The molecule has 0 radical (unpaired) electrons. The number of ether oxygens (including phenoxy) is 1. The maximum absolute atomic E-state index is 14.2. The second-order valence-corrected chi connectivity index (χ2v) is 6.64. The van der Waals surface area contributed by atoms with E-state index in [1.807, 2.05) is 13.2 Å². The van der Waals surface area contributed by atoms with Crippen LogP contribution in [0.1, 0.15) is 12.8 Å². The quantitative estimate of drug-likeness (QED) is 0.641. The zero-order valence-electron chi connectivity index (χ0n) is 15.0. The largest absolute Gasteiger partial charge is 0.473 e. The summed E-state index contributed by atoms with van der Waals surface area (Å²) in [5.74, 6) is -0.433. The summed E-state index contributed by atoms with van der Waals surface area (Å²) in [4.78, 5) is 17.8. The molecule has 9 heteroatoms. The zero-order chi connectivity index (χ0) is 19.1. The number of aromatic nitrogens is 5. The molecule has 3 aromatic heterocycles. The fourth-order valence-electron chi connectivity index (χ4n) is 3.15. The summed E-state index contributed by atoms with van der Waals surface area (Å²) in [6.07, 6.45) is 8.70. The molecule has 1 fully saturated rings.